The van der Waals surface area contributed by atoms with E-state index in [4.69, 9.17) is 12.8 Å². The van der Waals surface area contributed by atoms with E-state index in [9.17, 15) is 4.79 Å². The molecule has 1 aliphatic rings. The number of aromatic nitrogens is 4. The molecule has 1 saturated heterocycles. The lowest BCUT2D eigenvalue weighted by atomic mass is 9.93. The SMILES string of the molecule is [B]c1cnn2c(NCc3cccnc3)cc(C3CCCN(C(=O)/C(C)=C/c4ccccc4)C3)nc12. The Kier molecular flexibility index (Phi) is 6.61. The van der Waals surface area contributed by atoms with Gasteiger partial charge < -0.3 is 10.2 Å². The van der Waals surface area contributed by atoms with E-state index < -0.39 is 0 Å². The summed E-state index contributed by atoms with van der Waals surface area (Å²) in [5.74, 6) is 1.00. The van der Waals surface area contributed by atoms with Crippen molar-refractivity contribution in [3.05, 3.63) is 89.5 Å². The van der Waals surface area contributed by atoms with Crippen molar-refractivity contribution in [3.63, 3.8) is 0 Å². The number of anilines is 1. The lowest BCUT2D eigenvalue weighted by molar-refractivity contribution is -0.128. The van der Waals surface area contributed by atoms with Gasteiger partial charge in [0.25, 0.3) is 0 Å². The number of nitrogens with zero attached hydrogens (tertiary/aromatic N) is 5. The highest BCUT2D eigenvalue weighted by Gasteiger charge is 2.27. The topological polar surface area (TPSA) is 75.4 Å². The van der Waals surface area contributed by atoms with Gasteiger partial charge in [0.15, 0.2) is 5.65 Å². The second kappa shape index (κ2) is 10.1. The molecule has 1 unspecified atom stereocenters. The van der Waals surface area contributed by atoms with Crippen LogP contribution in [0.2, 0.25) is 0 Å². The summed E-state index contributed by atoms with van der Waals surface area (Å²) in [6.45, 7) is 3.86. The number of piperidine rings is 1. The van der Waals surface area contributed by atoms with Crippen molar-refractivity contribution in [3.8, 4) is 0 Å². The minimum Gasteiger partial charge on any atom is -0.366 e. The minimum absolute atomic E-state index is 0.0680. The molecule has 1 fully saturated rings. The standard InChI is InChI=1S/C27H27BN6O/c1-19(13-20-7-3-2-4-8-20)27(35)33-12-6-10-22(18-33)24-14-25(30-16-21-9-5-11-29-15-21)34-26(32-24)23(28)17-31-34/h2-5,7-9,11,13-15,17,22,30H,6,10,12,16,18H2,1H3/b19-13+. The maximum absolute atomic E-state index is 13.2. The zero-order valence-corrected chi connectivity index (χ0v) is 19.8. The molecular weight excluding hydrogens is 435 g/mol. The molecule has 8 heteroatoms. The largest absolute Gasteiger partial charge is 0.366 e. The average molecular weight is 462 g/mol. The van der Waals surface area contributed by atoms with Gasteiger partial charge in [-0.25, -0.2) is 4.98 Å². The van der Waals surface area contributed by atoms with E-state index in [1.165, 1.54) is 0 Å². The van der Waals surface area contributed by atoms with E-state index in [1.807, 2.05) is 72.6 Å². The molecule has 0 bridgehead atoms. The number of carbonyl (C=O) groups is 1. The van der Waals surface area contributed by atoms with Crippen molar-refractivity contribution >= 4 is 36.8 Å². The molecule has 1 atom stereocenters. The molecule has 0 spiro atoms. The van der Waals surface area contributed by atoms with Gasteiger partial charge in [-0.1, -0.05) is 36.4 Å². The number of hydrogen-bond acceptors (Lipinski definition) is 5. The highest BCUT2D eigenvalue weighted by atomic mass is 16.2. The molecule has 1 N–H and O–H groups in total. The summed E-state index contributed by atoms with van der Waals surface area (Å²) < 4.78 is 1.73. The first-order valence-corrected chi connectivity index (χ1v) is 11.9. The monoisotopic (exact) mass is 462 g/mol. The predicted octanol–water partition coefficient (Wildman–Crippen LogP) is 3.34. The van der Waals surface area contributed by atoms with E-state index in [-0.39, 0.29) is 11.8 Å². The highest BCUT2D eigenvalue weighted by Crippen LogP contribution is 2.29. The molecular formula is C27H27BN6O. The molecule has 4 heterocycles. The quantitative estimate of drug-likeness (QED) is 0.352. The van der Waals surface area contributed by atoms with Crippen LogP contribution in [0.1, 0.15) is 42.5 Å². The van der Waals surface area contributed by atoms with Crippen molar-refractivity contribution < 1.29 is 4.79 Å². The molecule has 1 amide bonds. The zero-order valence-electron chi connectivity index (χ0n) is 19.8. The second-order valence-electron chi connectivity index (χ2n) is 8.94. The van der Waals surface area contributed by atoms with Crippen LogP contribution in [-0.2, 0) is 11.3 Å². The van der Waals surface area contributed by atoms with E-state index in [0.29, 0.717) is 24.2 Å². The summed E-state index contributed by atoms with van der Waals surface area (Å²) in [6, 6.07) is 15.9. The van der Waals surface area contributed by atoms with Crippen molar-refractivity contribution in [2.24, 2.45) is 0 Å². The third-order valence-corrected chi connectivity index (χ3v) is 6.36. The average Bonchev–Trinajstić information content (AvgIpc) is 3.28. The summed E-state index contributed by atoms with van der Waals surface area (Å²) in [7, 11) is 6.18. The van der Waals surface area contributed by atoms with Gasteiger partial charge in [0, 0.05) is 55.8 Å². The molecule has 5 rings (SSSR count). The lowest BCUT2D eigenvalue weighted by Gasteiger charge is -2.33. The van der Waals surface area contributed by atoms with Crippen LogP contribution in [-0.4, -0.2) is 51.3 Å². The Balaban J connectivity index is 1.38. The van der Waals surface area contributed by atoms with Gasteiger partial charge in [-0.3, -0.25) is 9.78 Å². The maximum atomic E-state index is 13.2. The molecule has 2 radical (unpaired) electrons. The summed E-state index contributed by atoms with van der Waals surface area (Å²) in [5, 5.41) is 7.85. The number of likely N-dealkylation sites (tertiary alicyclic amines) is 1. The number of nitrogens with one attached hydrogen (secondary N) is 1. The van der Waals surface area contributed by atoms with Crippen LogP contribution in [0.5, 0.6) is 0 Å². The fourth-order valence-electron chi connectivity index (χ4n) is 4.54. The molecule has 0 aliphatic carbocycles. The van der Waals surface area contributed by atoms with Crippen LogP contribution >= 0.6 is 0 Å². The Morgan fingerprint density at radius 1 is 1.20 bits per heavy atom. The van der Waals surface area contributed by atoms with Crippen molar-refractivity contribution in [2.75, 3.05) is 18.4 Å². The number of rotatable bonds is 6. The number of carbonyl (C=O) groups excluding carboxylic acids is 1. The Bertz CT molecular complexity index is 1350. The molecule has 174 valence electrons. The fraction of sp³-hybridized carbons (Fsp3) is 0.259. The zero-order chi connectivity index (χ0) is 24.2. The summed E-state index contributed by atoms with van der Waals surface area (Å²) >= 11 is 0. The third kappa shape index (κ3) is 5.11. The smallest absolute Gasteiger partial charge is 0.249 e. The van der Waals surface area contributed by atoms with Gasteiger partial charge in [-0.05, 0) is 48.5 Å². The van der Waals surface area contributed by atoms with E-state index in [0.717, 1.165) is 47.6 Å². The lowest BCUT2D eigenvalue weighted by Crippen LogP contribution is -2.39. The van der Waals surface area contributed by atoms with Gasteiger partial charge in [0.2, 0.25) is 5.91 Å². The van der Waals surface area contributed by atoms with Crippen molar-refractivity contribution in [1.82, 2.24) is 24.5 Å². The van der Waals surface area contributed by atoms with E-state index >= 15 is 0 Å². The normalized spacial score (nSPS) is 16.4. The summed E-state index contributed by atoms with van der Waals surface area (Å²) in [6.07, 6.45) is 9.05. The Morgan fingerprint density at radius 3 is 2.86 bits per heavy atom. The number of pyridine rings is 1. The Labute approximate surface area is 206 Å². The van der Waals surface area contributed by atoms with Crippen molar-refractivity contribution in [1.29, 1.82) is 0 Å². The molecule has 7 nitrogen and oxygen atoms in total. The van der Waals surface area contributed by atoms with Crippen LogP contribution in [0.25, 0.3) is 11.7 Å². The fourth-order valence-corrected chi connectivity index (χ4v) is 4.54. The first-order chi connectivity index (χ1) is 17.1. The predicted molar refractivity (Wildman–Crippen MR) is 139 cm³/mol. The van der Waals surface area contributed by atoms with Crippen LogP contribution < -0.4 is 10.8 Å². The summed E-state index contributed by atoms with van der Waals surface area (Å²) in [4.78, 5) is 24.2. The molecule has 4 aromatic rings. The maximum Gasteiger partial charge on any atom is 0.249 e. The van der Waals surface area contributed by atoms with Crippen LogP contribution in [0.15, 0.2) is 72.7 Å². The third-order valence-electron chi connectivity index (χ3n) is 6.36. The van der Waals surface area contributed by atoms with Gasteiger partial charge in [-0.15, -0.1) is 0 Å². The first kappa shape index (κ1) is 22.8. The number of hydrogen-bond donors (Lipinski definition) is 1. The molecule has 0 saturated carbocycles. The molecule has 3 aromatic heterocycles. The highest BCUT2D eigenvalue weighted by molar-refractivity contribution is 6.36. The van der Waals surface area contributed by atoms with Gasteiger partial charge in [0.05, 0.1) is 5.69 Å². The molecule has 35 heavy (non-hydrogen) atoms. The number of benzene rings is 1. The van der Waals surface area contributed by atoms with E-state index in [2.05, 4.69) is 15.4 Å². The van der Waals surface area contributed by atoms with Crippen molar-refractivity contribution in [2.45, 2.75) is 32.2 Å². The van der Waals surface area contributed by atoms with Gasteiger partial charge in [0.1, 0.15) is 13.7 Å². The Hall–Kier alpha value is -3.94. The second-order valence-corrected chi connectivity index (χ2v) is 8.94. The Morgan fingerprint density at radius 2 is 2.06 bits per heavy atom. The van der Waals surface area contributed by atoms with Gasteiger partial charge in [-0.2, -0.15) is 9.61 Å². The number of amides is 1. The number of fused-ring (bicyclic) bond motifs is 1. The van der Waals surface area contributed by atoms with Gasteiger partial charge >= 0.3 is 0 Å². The van der Waals surface area contributed by atoms with Crippen LogP contribution in [0.4, 0.5) is 5.82 Å². The van der Waals surface area contributed by atoms with Crippen LogP contribution in [0.3, 0.4) is 0 Å². The molecule has 1 aromatic carbocycles. The summed E-state index contributed by atoms with van der Waals surface area (Å²) in [5.41, 5.74) is 4.90. The van der Waals surface area contributed by atoms with Crippen LogP contribution in [0, 0.1) is 0 Å². The minimum atomic E-state index is 0.0680. The molecule has 1 aliphatic heterocycles. The van der Waals surface area contributed by atoms with E-state index in [1.54, 1.807) is 16.9 Å². The first-order valence-electron chi connectivity index (χ1n) is 11.9.